The highest BCUT2D eigenvalue weighted by molar-refractivity contribution is 7.92. The Hall–Kier alpha value is -3.48. The van der Waals surface area contributed by atoms with E-state index < -0.39 is 49.2 Å². The van der Waals surface area contributed by atoms with Crippen molar-refractivity contribution in [2.45, 2.75) is 23.8 Å². The minimum Gasteiger partial charge on any atom is -0.305 e. The molecule has 2 aromatic carbocycles. The van der Waals surface area contributed by atoms with E-state index in [-0.39, 0.29) is 22.3 Å². The summed E-state index contributed by atoms with van der Waals surface area (Å²) in [5, 5.41) is 0.585. The average molecular weight is 563 g/mol. The number of pyridine rings is 2. The Morgan fingerprint density at radius 3 is 2.59 bits per heavy atom. The topological polar surface area (TPSA) is 93.9 Å². The molecule has 3 heterocycles. The first kappa shape index (κ1) is 23.9. The highest BCUT2D eigenvalue weighted by atomic mass is 35.5. The number of fused-ring (bicyclic) bond motifs is 2. The molecule has 0 saturated heterocycles. The van der Waals surface area contributed by atoms with Gasteiger partial charge in [0.05, 0.1) is 38.1 Å². The SMILES string of the molecule is O=c1c(-c2c(F)ccc(NS(=O)(=O)c3cc4scnc4cc3F)c2F)cc2cnc(Cl)cc2n1C1CC1. The molecule has 0 bridgehead atoms. The minimum atomic E-state index is -4.63. The second-order valence-corrected chi connectivity index (χ2v) is 11.4. The van der Waals surface area contributed by atoms with Gasteiger partial charge >= 0.3 is 0 Å². The molecule has 0 spiro atoms. The van der Waals surface area contributed by atoms with Crippen LogP contribution in [0.4, 0.5) is 18.9 Å². The molecular weight excluding hydrogens is 549 g/mol. The zero-order valence-electron chi connectivity index (χ0n) is 18.5. The van der Waals surface area contributed by atoms with E-state index in [1.54, 1.807) is 0 Å². The van der Waals surface area contributed by atoms with Crippen molar-refractivity contribution in [3.8, 4) is 11.1 Å². The highest BCUT2D eigenvalue weighted by Gasteiger charge is 2.30. The first-order valence-electron chi connectivity index (χ1n) is 10.9. The number of nitrogens with zero attached hydrogens (tertiary/aromatic N) is 3. The molecule has 1 N–H and O–H groups in total. The molecule has 13 heteroatoms. The Morgan fingerprint density at radius 1 is 1.05 bits per heavy atom. The van der Waals surface area contributed by atoms with Gasteiger partial charge in [-0.05, 0) is 43.2 Å². The third-order valence-corrected chi connectivity index (χ3v) is 8.46. The van der Waals surface area contributed by atoms with Crippen LogP contribution in [-0.2, 0) is 10.0 Å². The number of sulfonamides is 1. The number of halogens is 4. The molecule has 7 nitrogen and oxygen atoms in total. The summed E-state index contributed by atoms with van der Waals surface area (Å²) >= 11 is 7.11. The molecule has 1 fully saturated rings. The average Bonchev–Trinajstić information content (AvgIpc) is 3.57. The smallest absolute Gasteiger partial charge is 0.264 e. The van der Waals surface area contributed by atoms with E-state index in [0.717, 1.165) is 35.6 Å². The lowest BCUT2D eigenvalue weighted by Crippen LogP contribution is -2.22. The van der Waals surface area contributed by atoms with E-state index in [9.17, 15) is 17.6 Å². The molecule has 188 valence electrons. The summed E-state index contributed by atoms with van der Waals surface area (Å²) in [6.45, 7) is 0. The summed E-state index contributed by atoms with van der Waals surface area (Å²) in [4.78, 5) is 20.6. The number of anilines is 1. The Morgan fingerprint density at radius 2 is 1.84 bits per heavy atom. The fraction of sp³-hybridized carbons (Fsp3) is 0.125. The predicted molar refractivity (Wildman–Crippen MR) is 135 cm³/mol. The summed E-state index contributed by atoms with van der Waals surface area (Å²) in [7, 11) is -4.63. The van der Waals surface area contributed by atoms with E-state index in [0.29, 0.717) is 28.4 Å². The zero-order chi connectivity index (χ0) is 26.1. The second kappa shape index (κ2) is 8.54. The summed E-state index contributed by atoms with van der Waals surface area (Å²) in [5.41, 5.74) is -0.143. The van der Waals surface area contributed by atoms with Gasteiger partial charge in [0.15, 0.2) is 5.82 Å². The number of hydrogen-bond acceptors (Lipinski definition) is 6. The summed E-state index contributed by atoms with van der Waals surface area (Å²) in [5.74, 6) is -3.47. The third kappa shape index (κ3) is 4.05. The zero-order valence-corrected chi connectivity index (χ0v) is 20.9. The van der Waals surface area contributed by atoms with Gasteiger partial charge in [0.2, 0.25) is 0 Å². The lowest BCUT2D eigenvalue weighted by atomic mass is 10.0. The lowest BCUT2D eigenvalue weighted by molar-refractivity contribution is 0.569. The van der Waals surface area contributed by atoms with Crippen LogP contribution in [0, 0.1) is 17.5 Å². The standard InChI is InChI=1S/C24H14ClF3N4O3S2/c25-21-7-18-11(9-29-21)5-13(24(33)32(18)12-1-2-12)22-14(26)3-4-16(23(22)28)31-37(34,35)20-8-19-17(6-15(20)27)30-10-36-19/h3-10,12,31H,1-2H2. The van der Waals surface area contributed by atoms with Gasteiger partial charge in [-0.3, -0.25) is 9.52 Å². The van der Waals surface area contributed by atoms with E-state index in [1.165, 1.54) is 28.4 Å². The van der Waals surface area contributed by atoms with Crippen LogP contribution in [-0.4, -0.2) is 23.0 Å². The van der Waals surface area contributed by atoms with Crippen molar-refractivity contribution in [2.75, 3.05) is 4.72 Å². The van der Waals surface area contributed by atoms with Gasteiger partial charge < -0.3 is 4.57 Å². The molecule has 1 saturated carbocycles. The van der Waals surface area contributed by atoms with Gasteiger partial charge in [0.1, 0.15) is 21.7 Å². The van der Waals surface area contributed by atoms with Crippen LogP contribution in [0.1, 0.15) is 18.9 Å². The van der Waals surface area contributed by atoms with Crippen LogP contribution >= 0.6 is 22.9 Å². The maximum Gasteiger partial charge on any atom is 0.264 e. The summed E-state index contributed by atoms with van der Waals surface area (Å²) in [6, 6.07) is 6.39. The van der Waals surface area contributed by atoms with Crippen molar-refractivity contribution >= 4 is 59.8 Å². The van der Waals surface area contributed by atoms with Crippen molar-refractivity contribution in [3.63, 3.8) is 0 Å². The minimum absolute atomic E-state index is 0.159. The normalized spacial score (nSPS) is 13.9. The van der Waals surface area contributed by atoms with Gasteiger partial charge in [-0.15, -0.1) is 11.3 Å². The quantitative estimate of drug-likeness (QED) is 0.270. The Kier molecular flexibility index (Phi) is 5.51. The summed E-state index contributed by atoms with van der Waals surface area (Å²) < 4.78 is 75.1. The number of hydrogen-bond donors (Lipinski definition) is 1. The van der Waals surface area contributed by atoms with E-state index in [1.807, 2.05) is 4.72 Å². The first-order chi connectivity index (χ1) is 17.6. The van der Waals surface area contributed by atoms with Crippen LogP contribution in [0.15, 0.2) is 57.8 Å². The molecule has 0 radical (unpaired) electrons. The largest absolute Gasteiger partial charge is 0.305 e. The van der Waals surface area contributed by atoms with Gasteiger partial charge in [0, 0.05) is 23.7 Å². The Balaban J connectivity index is 1.50. The maximum atomic E-state index is 15.7. The maximum absolute atomic E-state index is 15.7. The second-order valence-electron chi connectivity index (χ2n) is 8.52. The van der Waals surface area contributed by atoms with Gasteiger partial charge in [-0.2, -0.15) is 0 Å². The Labute approximate surface area is 216 Å². The number of rotatable bonds is 5. The Bertz CT molecular complexity index is 1920. The van der Waals surface area contributed by atoms with Crippen molar-refractivity contribution in [3.05, 3.63) is 81.1 Å². The fourth-order valence-corrected chi connectivity index (χ4v) is 6.30. The van der Waals surface area contributed by atoms with Crippen LogP contribution < -0.4 is 10.3 Å². The molecule has 6 rings (SSSR count). The molecular formula is C24H14ClF3N4O3S2. The predicted octanol–water partition coefficient (Wildman–Crippen LogP) is 5.88. The molecule has 0 aliphatic heterocycles. The highest BCUT2D eigenvalue weighted by Crippen LogP contribution is 2.38. The van der Waals surface area contributed by atoms with Crippen LogP contribution in [0.25, 0.3) is 32.2 Å². The molecule has 0 unspecified atom stereocenters. The van der Waals surface area contributed by atoms with E-state index >= 15 is 8.78 Å². The number of benzene rings is 2. The van der Waals surface area contributed by atoms with Crippen molar-refractivity contribution < 1.29 is 21.6 Å². The molecule has 3 aromatic heterocycles. The van der Waals surface area contributed by atoms with Crippen LogP contribution in [0.5, 0.6) is 0 Å². The number of thiazole rings is 1. The molecule has 0 amide bonds. The molecule has 0 atom stereocenters. The van der Waals surface area contributed by atoms with Gasteiger partial charge in [-0.25, -0.2) is 31.6 Å². The number of nitrogens with one attached hydrogen (secondary N) is 1. The monoisotopic (exact) mass is 562 g/mol. The summed E-state index contributed by atoms with van der Waals surface area (Å²) in [6.07, 6.45) is 2.80. The lowest BCUT2D eigenvalue weighted by Gasteiger charge is -2.15. The fourth-order valence-electron chi connectivity index (χ4n) is 4.22. The van der Waals surface area contributed by atoms with Crippen molar-refractivity contribution in [2.24, 2.45) is 0 Å². The van der Waals surface area contributed by atoms with Crippen LogP contribution in [0.3, 0.4) is 0 Å². The molecule has 37 heavy (non-hydrogen) atoms. The molecule has 1 aliphatic carbocycles. The van der Waals surface area contributed by atoms with Crippen molar-refractivity contribution in [1.82, 2.24) is 14.5 Å². The number of aromatic nitrogens is 3. The van der Waals surface area contributed by atoms with Crippen LogP contribution in [0.2, 0.25) is 5.15 Å². The van der Waals surface area contributed by atoms with Gasteiger partial charge in [0.25, 0.3) is 15.6 Å². The van der Waals surface area contributed by atoms with Crippen molar-refractivity contribution in [1.29, 1.82) is 0 Å². The molecule has 5 aromatic rings. The first-order valence-corrected chi connectivity index (χ1v) is 13.6. The molecule has 1 aliphatic rings. The van der Waals surface area contributed by atoms with Gasteiger partial charge in [-0.1, -0.05) is 11.6 Å². The third-order valence-electron chi connectivity index (χ3n) is 6.08. The van der Waals surface area contributed by atoms with E-state index in [2.05, 4.69) is 9.97 Å². The van der Waals surface area contributed by atoms with E-state index in [4.69, 9.17) is 11.6 Å².